The van der Waals surface area contributed by atoms with Gasteiger partial charge in [0.25, 0.3) is 0 Å². The van der Waals surface area contributed by atoms with E-state index in [4.69, 9.17) is 9.26 Å². The van der Waals surface area contributed by atoms with E-state index in [2.05, 4.69) is 5.16 Å². The van der Waals surface area contributed by atoms with Crippen molar-refractivity contribution >= 4 is 5.97 Å². The normalized spacial score (nSPS) is 10.4. The molecule has 2 aromatic heterocycles. The van der Waals surface area contributed by atoms with Crippen LogP contribution >= 0.6 is 0 Å². The highest BCUT2D eigenvalue weighted by molar-refractivity contribution is 5.88. The van der Waals surface area contributed by atoms with E-state index in [0.29, 0.717) is 12.4 Å². The van der Waals surface area contributed by atoms with E-state index in [0.717, 1.165) is 5.69 Å². The average Bonchev–Trinajstić information content (AvgIpc) is 2.86. The standard InChI is InChI=1S/C11H12N2O3/c1-3-15-11(14)8-7-10(16-12-8)9-5-4-6-13(9)2/h4-7H,3H2,1-2H3. The molecule has 0 aliphatic rings. The summed E-state index contributed by atoms with van der Waals surface area (Å²) in [7, 11) is 1.89. The predicted octanol–water partition coefficient (Wildman–Crippen LogP) is 1.86. The average molecular weight is 220 g/mol. The van der Waals surface area contributed by atoms with Crippen molar-refractivity contribution in [1.82, 2.24) is 9.72 Å². The van der Waals surface area contributed by atoms with Crippen LogP contribution in [0.4, 0.5) is 0 Å². The van der Waals surface area contributed by atoms with E-state index in [1.165, 1.54) is 0 Å². The zero-order valence-corrected chi connectivity index (χ0v) is 9.14. The Bertz CT molecular complexity index is 499. The first-order valence-corrected chi connectivity index (χ1v) is 4.98. The minimum atomic E-state index is -0.466. The minimum absolute atomic E-state index is 0.193. The lowest BCUT2D eigenvalue weighted by molar-refractivity contribution is 0.0514. The van der Waals surface area contributed by atoms with E-state index >= 15 is 0 Å². The van der Waals surface area contributed by atoms with Crippen molar-refractivity contribution in [1.29, 1.82) is 0 Å². The van der Waals surface area contributed by atoms with Crippen molar-refractivity contribution < 1.29 is 14.1 Å². The molecule has 0 aromatic carbocycles. The third kappa shape index (κ3) is 1.84. The van der Waals surface area contributed by atoms with Crippen molar-refractivity contribution in [2.75, 3.05) is 6.61 Å². The number of ether oxygens (including phenoxy) is 1. The molecule has 0 fully saturated rings. The SMILES string of the molecule is CCOC(=O)c1cc(-c2cccn2C)on1. The molecule has 0 saturated heterocycles. The molecule has 0 amide bonds. The Kier molecular flexibility index (Phi) is 2.76. The maximum absolute atomic E-state index is 11.4. The highest BCUT2D eigenvalue weighted by atomic mass is 16.5. The van der Waals surface area contributed by atoms with Crippen molar-refractivity contribution in [3.8, 4) is 11.5 Å². The lowest BCUT2D eigenvalue weighted by atomic mass is 10.3. The Labute approximate surface area is 92.6 Å². The molecule has 0 aliphatic heterocycles. The largest absolute Gasteiger partial charge is 0.461 e. The van der Waals surface area contributed by atoms with Gasteiger partial charge in [-0.1, -0.05) is 5.16 Å². The van der Waals surface area contributed by atoms with E-state index in [1.807, 2.05) is 29.9 Å². The molecule has 84 valence electrons. The lowest BCUT2D eigenvalue weighted by Gasteiger charge is -1.96. The second-order valence-electron chi connectivity index (χ2n) is 3.30. The first-order valence-electron chi connectivity index (χ1n) is 4.98. The molecule has 0 radical (unpaired) electrons. The van der Waals surface area contributed by atoms with Gasteiger partial charge in [-0.2, -0.15) is 0 Å². The summed E-state index contributed by atoms with van der Waals surface area (Å²) < 4.78 is 11.8. The maximum Gasteiger partial charge on any atom is 0.360 e. The van der Waals surface area contributed by atoms with E-state index in [1.54, 1.807) is 13.0 Å². The number of nitrogens with zero attached hydrogens (tertiary/aromatic N) is 2. The van der Waals surface area contributed by atoms with Crippen molar-refractivity contribution in [3.05, 3.63) is 30.1 Å². The Morgan fingerprint density at radius 3 is 3.06 bits per heavy atom. The Morgan fingerprint density at radius 2 is 2.44 bits per heavy atom. The molecule has 2 heterocycles. The molecule has 0 unspecified atom stereocenters. The molecule has 16 heavy (non-hydrogen) atoms. The summed E-state index contributed by atoms with van der Waals surface area (Å²) in [6.45, 7) is 2.07. The number of hydrogen-bond donors (Lipinski definition) is 0. The first kappa shape index (κ1) is 10.5. The molecule has 0 saturated carbocycles. The zero-order valence-electron chi connectivity index (χ0n) is 9.14. The van der Waals surface area contributed by atoms with Crippen LogP contribution in [0.1, 0.15) is 17.4 Å². The zero-order chi connectivity index (χ0) is 11.5. The van der Waals surface area contributed by atoms with Gasteiger partial charge in [-0.25, -0.2) is 4.79 Å². The van der Waals surface area contributed by atoms with Crippen LogP contribution in [0.3, 0.4) is 0 Å². The number of carbonyl (C=O) groups excluding carboxylic acids is 1. The number of rotatable bonds is 3. The minimum Gasteiger partial charge on any atom is -0.461 e. The molecule has 0 N–H and O–H groups in total. The van der Waals surface area contributed by atoms with Crippen molar-refractivity contribution in [3.63, 3.8) is 0 Å². The van der Waals surface area contributed by atoms with Crippen LogP contribution < -0.4 is 0 Å². The quantitative estimate of drug-likeness (QED) is 0.741. The summed E-state index contributed by atoms with van der Waals surface area (Å²) in [4.78, 5) is 11.4. The third-order valence-electron chi connectivity index (χ3n) is 2.19. The summed E-state index contributed by atoms with van der Waals surface area (Å²) in [5, 5.41) is 3.67. The van der Waals surface area contributed by atoms with Gasteiger partial charge in [-0.3, -0.25) is 0 Å². The molecule has 0 atom stereocenters. The maximum atomic E-state index is 11.4. The van der Waals surface area contributed by atoms with Gasteiger partial charge < -0.3 is 13.8 Å². The van der Waals surface area contributed by atoms with Gasteiger partial charge in [-0.15, -0.1) is 0 Å². The number of carbonyl (C=O) groups is 1. The first-order chi connectivity index (χ1) is 7.72. The fraction of sp³-hybridized carbons (Fsp3) is 0.273. The van der Waals surface area contributed by atoms with Gasteiger partial charge in [0.05, 0.1) is 12.3 Å². The van der Waals surface area contributed by atoms with Gasteiger partial charge in [0.15, 0.2) is 11.5 Å². The van der Waals surface area contributed by atoms with Crippen molar-refractivity contribution in [2.24, 2.45) is 7.05 Å². The number of hydrogen-bond acceptors (Lipinski definition) is 4. The van der Waals surface area contributed by atoms with Crippen LogP contribution in [0, 0.1) is 0 Å². The summed E-state index contributed by atoms with van der Waals surface area (Å²) in [6, 6.07) is 5.35. The van der Waals surface area contributed by atoms with Crippen LogP contribution in [-0.4, -0.2) is 22.3 Å². The van der Waals surface area contributed by atoms with Gasteiger partial charge in [0.2, 0.25) is 0 Å². The van der Waals surface area contributed by atoms with E-state index < -0.39 is 5.97 Å². The molecular weight excluding hydrogens is 208 g/mol. The predicted molar refractivity (Wildman–Crippen MR) is 56.9 cm³/mol. The Hall–Kier alpha value is -2.04. The van der Waals surface area contributed by atoms with Gasteiger partial charge in [0.1, 0.15) is 0 Å². The van der Waals surface area contributed by atoms with E-state index in [-0.39, 0.29) is 5.69 Å². The number of aromatic nitrogens is 2. The van der Waals surface area contributed by atoms with Crippen LogP contribution in [-0.2, 0) is 11.8 Å². The third-order valence-corrected chi connectivity index (χ3v) is 2.19. The van der Waals surface area contributed by atoms with Gasteiger partial charge in [0, 0.05) is 19.3 Å². The van der Waals surface area contributed by atoms with Crippen LogP contribution in [0.25, 0.3) is 11.5 Å². The topological polar surface area (TPSA) is 57.3 Å². The van der Waals surface area contributed by atoms with Crippen LogP contribution in [0.2, 0.25) is 0 Å². The molecule has 2 aromatic rings. The summed E-state index contributed by atoms with van der Waals surface area (Å²) >= 11 is 0. The number of aryl methyl sites for hydroxylation is 1. The second kappa shape index (κ2) is 4.22. The highest BCUT2D eigenvalue weighted by Crippen LogP contribution is 2.20. The van der Waals surface area contributed by atoms with Gasteiger partial charge in [-0.05, 0) is 19.1 Å². The smallest absolute Gasteiger partial charge is 0.360 e. The van der Waals surface area contributed by atoms with Crippen molar-refractivity contribution in [2.45, 2.75) is 6.92 Å². The fourth-order valence-corrected chi connectivity index (χ4v) is 1.41. The summed E-state index contributed by atoms with van der Waals surface area (Å²) in [5.41, 5.74) is 1.06. The fourth-order valence-electron chi connectivity index (χ4n) is 1.41. The van der Waals surface area contributed by atoms with Crippen LogP contribution in [0.15, 0.2) is 28.9 Å². The molecular formula is C11H12N2O3. The molecule has 2 rings (SSSR count). The van der Waals surface area contributed by atoms with Gasteiger partial charge >= 0.3 is 5.97 Å². The highest BCUT2D eigenvalue weighted by Gasteiger charge is 2.15. The molecule has 0 bridgehead atoms. The number of esters is 1. The molecule has 5 nitrogen and oxygen atoms in total. The van der Waals surface area contributed by atoms with E-state index in [9.17, 15) is 4.79 Å². The lowest BCUT2D eigenvalue weighted by Crippen LogP contribution is -2.04. The molecule has 0 aliphatic carbocycles. The summed E-state index contributed by atoms with van der Waals surface area (Å²) in [5.74, 6) is 0.0854. The monoisotopic (exact) mass is 220 g/mol. The molecule has 0 spiro atoms. The molecule has 5 heteroatoms. The Balaban J connectivity index is 2.26. The second-order valence-corrected chi connectivity index (χ2v) is 3.30. The summed E-state index contributed by atoms with van der Waals surface area (Å²) in [6.07, 6.45) is 1.89. The Morgan fingerprint density at radius 1 is 1.62 bits per heavy atom. The van der Waals surface area contributed by atoms with Crippen LogP contribution in [0.5, 0.6) is 0 Å².